The summed E-state index contributed by atoms with van der Waals surface area (Å²) in [6.07, 6.45) is 0.944. The zero-order valence-electron chi connectivity index (χ0n) is 27.4. The first-order valence-electron chi connectivity index (χ1n) is 14.9. The fraction of sp³-hybridized carbons (Fsp3) is 0.275. The minimum atomic E-state index is 0. The van der Waals surface area contributed by atoms with Crippen molar-refractivity contribution in [2.24, 2.45) is 0 Å². The fourth-order valence-corrected chi connectivity index (χ4v) is 5.42. The zero-order chi connectivity index (χ0) is 30.5. The molecular weight excluding hydrogens is 758 g/mol. The molecule has 0 saturated carbocycles. The first-order valence-corrected chi connectivity index (χ1v) is 22.8. The SMILES string of the molecule is CC(C)(C)c1cc2c([c-]c1-c1ccccc1)Cc1cc(-c3ccccc3)c(C(C)(C)C)cc1-2.C[Si](C)=[Hf+2].[Cl-].[Cl-].c1cc[cH-]c1. The largest absolute Gasteiger partial charge is 1.00 e. The van der Waals surface area contributed by atoms with Crippen molar-refractivity contribution in [2.75, 3.05) is 0 Å². The Labute approximate surface area is 294 Å². The van der Waals surface area contributed by atoms with Crippen LogP contribution in [0.4, 0.5) is 0 Å². The van der Waals surface area contributed by atoms with Crippen LogP contribution in [0.15, 0.2) is 109 Å². The average molecular weight is 802 g/mol. The van der Waals surface area contributed by atoms with Gasteiger partial charge in [0, 0.05) is 0 Å². The van der Waals surface area contributed by atoms with Gasteiger partial charge in [0.25, 0.3) is 0 Å². The van der Waals surface area contributed by atoms with Gasteiger partial charge in [-0.3, -0.25) is 0 Å². The molecule has 0 aliphatic heterocycles. The summed E-state index contributed by atoms with van der Waals surface area (Å²) in [5.74, 6) is 0. The molecule has 44 heavy (non-hydrogen) atoms. The number of rotatable bonds is 2. The van der Waals surface area contributed by atoms with Crippen LogP contribution in [0, 0.1) is 6.07 Å². The van der Waals surface area contributed by atoms with Gasteiger partial charge in [0.05, 0.1) is 0 Å². The van der Waals surface area contributed by atoms with Gasteiger partial charge in [-0.2, -0.15) is 18.2 Å². The van der Waals surface area contributed by atoms with Gasteiger partial charge in [0.15, 0.2) is 0 Å². The Morgan fingerprint density at radius 2 is 1.11 bits per heavy atom. The Bertz CT molecular complexity index is 1500. The van der Waals surface area contributed by atoms with Gasteiger partial charge in [-0.25, -0.2) is 12.1 Å². The van der Waals surface area contributed by atoms with Crippen LogP contribution in [0.1, 0.15) is 63.8 Å². The third-order valence-electron chi connectivity index (χ3n) is 7.38. The normalized spacial score (nSPS) is 11.3. The van der Waals surface area contributed by atoms with E-state index in [9.17, 15) is 0 Å². The molecule has 4 heteroatoms. The minimum absolute atomic E-state index is 0. The third-order valence-corrected chi connectivity index (χ3v) is 7.38. The molecule has 0 unspecified atom stereocenters. The Morgan fingerprint density at radius 1 is 0.636 bits per heavy atom. The van der Waals surface area contributed by atoms with E-state index in [1.165, 1.54) is 78.6 Å². The monoisotopic (exact) mass is 802 g/mol. The second-order valence-corrected chi connectivity index (χ2v) is 26.2. The molecule has 5 aromatic rings. The summed E-state index contributed by atoms with van der Waals surface area (Å²) in [5.41, 5.74) is 13.8. The second kappa shape index (κ2) is 16.5. The van der Waals surface area contributed by atoms with E-state index in [-0.39, 0.29) is 41.1 Å². The predicted molar refractivity (Wildman–Crippen MR) is 181 cm³/mol. The molecule has 0 radical (unpaired) electrons. The smallest absolute Gasteiger partial charge is 0.172 e. The van der Waals surface area contributed by atoms with E-state index >= 15 is 0 Å². The molecule has 1 aliphatic rings. The van der Waals surface area contributed by atoms with Gasteiger partial charge >= 0.3 is 41.6 Å². The molecule has 1 aliphatic carbocycles. The van der Waals surface area contributed by atoms with Gasteiger partial charge in [0.2, 0.25) is 0 Å². The van der Waals surface area contributed by atoms with Crippen LogP contribution < -0.4 is 24.8 Å². The van der Waals surface area contributed by atoms with Gasteiger partial charge in [-0.15, -0.1) is 28.8 Å². The number of benzene rings is 4. The van der Waals surface area contributed by atoms with Crippen LogP contribution in [-0.2, 0) is 40.3 Å². The second-order valence-electron chi connectivity index (χ2n) is 13.4. The van der Waals surface area contributed by atoms with E-state index in [1.807, 2.05) is 30.3 Å². The van der Waals surface area contributed by atoms with E-state index in [0.717, 1.165) is 6.42 Å². The molecule has 5 aromatic carbocycles. The first-order chi connectivity index (χ1) is 19.9. The van der Waals surface area contributed by atoms with Crippen molar-refractivity contribution in [2.45, 2.75) is 71.9 Å². The molecule has 0 spiro atoms. The number of halogens is 2. The fourth-order valence-electron chi connectivity index (χ4n) is 5.42. The first kappa shape index (κ1) is 38.1. The zero-order valence-corrected chi connectivity index (χ0v) is 33.5. The molecule has 228 valence electrons. The van der Waals surface area contributed by atoms with Gasteiger partial charge < -0.3 is 24.8 Å². The Hall–Kier alpha value is -2.10. The van der Waals surface area contributed by atoms with Crippen molar-refractivity contribution in [1.29, 1.82) is 0 Å². The average Bonchev–Trinajstić information content (AvgIpc) is 3.63. The summed E-state index contributed by atoms with van der Waals surface area (Å²) in [6.45, 7) is 18.6. The van der Waals surface area contributed by atoms with Crippen LogP contribution in [0.3, 0.4) is 0 Å². The molecule has 0 saturated heterocycles. The van der Waals surface area contributed by atoms with Crippen molar-refractivity contribution >= 4 is 5.49 Å². The van der Waals surface area contributed by atoms with Crippen molar-refractivity contribution in [1.82, 2.24) is 0 Å². The van der Waals surface area contributed by atoms with E-state index in [2.05, 4.69) is 140 Å². The van der Waals surface area contributed by atoms with E-state index in [1.54, 1.807) is 0 Å². The summed E-state index contributed by atoms with van der Waals surface area (Å²) in [6, 6.07) is 42.8. The maximum atomic E-state index is 3.88. The molecular formula is C40H44Cl2HfSi-2. The van der Waals surface area contributed by atoms with E-state index in [4.69, 9.17) is 0 Å². The summed E-state index contributed by atoms with van der Waals surface area (Å²) in [5, 5.41) is 0. The molecule has 0 N–H and O–H groups in total. The summed E-state index contributed by atoms with van der Waals surface area (Å²) in [4.78, 5) is 0. The van der Waals surface area contributed by atoms with Crippen LogP contribution in [0.2, 0.25) is 13.1 Å². The van der Waals surface area contributed by atoms with Crippen molar-refractivity contribution in [3.63, 3.8) is 0 Å². The number of hydrogen-bond donors (Lipinski definition) is 0. The molecule has 0 aromatic heterocycles. The Morgan fingerprint density at radius 3 is 1.57 bits per heavy atom. The number of fused-ring (bicyclic) bond motifs is 3. The Kier molecular flexibility index (Phi) is 14.2. The van der Waals surface area contributed by atoms with Crippen LogP contribution in [-0.4, -0.2) is 5.49 Å². The molecule has 0 bridgehead atoms. The quantitative estimate of drug-likeness (QED) is 0.167. The van der Waals surface area contributed by atoms with Crippen molar-refractivity contribution in [3.8, 4) is 33.4 Å². The standard InChI is InChI=1S/C33H33.C5H5.C2H6Si.2ClH.Hf/c1-32(2,3)30-20-26-24(18-28(30)22-13-9-7-10-14-22)17-25-19-29(23-15-11-8-12-16-23)31(21-27(25)26)33(4,5)6;1-2-4-5-3-1;1-3-2;;;/h7-16,18,20-21H,17H2,1-6H3;1-5H;1-2H3;2*1H;/q2*-1;;;;+2/p-2. The maximum Gasteiger partial charge on any atom is -0.172 e. The Balaban J connectivity index is 0.000000535. The predicted octanol–water partition coefficient (Wildman–Crippen LogP) is 5.18. The molecule has 0 heterocycles. The molecule has 0 nitrogen and oxygen atoms in total. The van der Waals surface area contributed by atoms with Gasteiger partial charge in [-0.1, -0.05) is 131 Å². The minimum Gasteiger partial charge on any atom is -1.00 e. The van der Waals surface area contributed by atoms with Crippen LogP contribution in [0.5, 0.6) is 0 Å². The maximum absolute atomic E-state index is 3.88. The third kappa shape index (κ3) is 9.70. The topological polar surface area (TPSA) is 0 Å². The summed E-state index contributed by atoms with van der Waals surface area (Å²) < 4.78 is 0. The van der Waals surface area contributed by atoms with Crippen molar-refractivity contribution < 1.29 is 47.8 Å². The van der Waals surface area contributed by atoms with Gasteiger partial charge in [0.1, 0.15) is 0 Å². The van der Waals surface area contributed by atoms with Gasteiger partial charge in [-0.05, 0) is 39.5 Å². The molecule has 0 fully saturated rings. The van der Waals surface area contributed by atoms with Crippen LogP contribution >= 0.6 is 0 Å². The summed E-state index contributed by atoms with van der Waals surface area (Å²) in [7, 11) is 0. The molecule has 0 amide bonds. The molecule has 0 atom stereocenters. The summed E-state index contributed by atoms with van der Waals surface area (Å²) >= 11 is 1.45. The van der Waals surface area contributed by atoms with E-state index < -0.39 is 0 Å². The molecule has 6 rings (SSSR count). The van der Waals surface area contributed by atoms with Crippen LogP contribution in [0.25, 0.3) is 33.4 Å². The number of hydrogen-bond acceptors (Lipinski definition) is 0. The van der Waals surface area contributed by atoms with Crippen molar-refractivity contribution in [3.05, 3.63) is 138 Å². The van der Waals surface area contributed by atoms with E-state index in [0.29, 0.717) is 0 Å².